The second-order valence-corrected chi connectivity index (χ2v) is 3.75. The van der Waals surface area contributed by atoms with Crippen molar-refractivity contribution in [2.24, 2.45) is 0 Å². The minimum absolute atomic E-state index is 0.0972. The highest BCUT2D eigenvalue weighted by Crippen LogP contribution is 2.04. The number of carbonyl (C=O) groups excluding carboxylic acids is 1. The number of Topliss-reactive ketones (excluding diaryl/α,β-unsaturated/α-hetero) is 1. The van der Waals surface area contributed by atoms with E-state index in [-0.39, 0.29) is 12.4 Å². The summed E-state index contributed by atoms with van der Waals surface area (Å²) in [5.41, 5.74) is 2.23. The fraction of sp³-hybridized carbons (Fsp3) is 0.462. The van der Waals surface area contributed by atoms with E-state index in [1.807, 2.05) is 31.2 Å². The van der Waals surface area contributed by atoms with Gasteiger partial charge in [-0.15, -0.1) is 0 Å². The van der Waals surface area contributed by atoms with Gasteiger partial charge in [0.25, 0.3) is 0 Å². The summed E-state index contributed by atoms with van der Waals surface area (Å²) in [6.07, 6.45) is 0.438. The van der Waals surface area contributed by atoms with Crippen molar-refractivity contribution in [3.63, 3.8) is 0 Å². The van der Waals surface area contributed by atoms with Crippen LogP contribution >= 0.6 is 0 Å². The third kappa shape index (κ3) is 5.05. The number of ketones is 1. The first-order valence-electron chi connectivity index (χ1n) is 5.36. The molecule has 0 bridgehead atoms. The zero-order chi connectivity index (χ0) is 11.8. The van der Waals surface area contributed by atoms with Gasteiger partial charge in [-0.3, -0.25) is 4.79 Å². The van der Waals surface area contributed by atoms with E-state index in [4.69, 9.17) is 9.47 Å². The molecule has 0 aliphatic heterocycles. The lowest BCUT2D eigenvalue weighted by Gasteiger charge is -2.03. The van der Waals surface area contributed by atoms with Crippen LogP contribution in [0.5, 0.6) is 0 Å². The van der Waals surface area contributed by atoms with Gasteiger partial charge < -0.3 is 9.47 Å². The Hall–Kier alpha value is -1.19. The number of benzene rings is 1. The van der Waals surface area contributed by atoms with Crippen LogP contribution in [0.15, 0.2) is 24.3 Å². The number of hydrogen-bond acceptors (Lipinski definition) is 3. The number of carbonyl (C=O) groups is 1. The molecule has 0 amide bonds. The van der Waals surface area contributed by atoms with E-state index >= 15 is 0 Å². The molecule has 0 fully saturated rings. The fourth-order valence-electron chi connectivity index (χ4n) is 1.31. The number of rotatable bonds is 7. The summed E-state index contributed by atoms with van der Waals surface area (Å²) in [6, 6.07) is 7.97. The minimum atomic E-state index is 0.0972. The summed E-state index contributed by atoms with van der Waals surface area (Å²) >= 11 is 0. The van der Waals surface area contributed by atoms with E-state index in [0.717, 1.165) is 5.56 Å². The number of ether oxygens (including phenoxy) is 2. The Bertz CT molecular complexity index is 316. The number of hydrogen-bond donors (Lipinski definition) is 0. The highest BCUT2D eigenvalue weighted by atomic mass is 16.5. The Morgan fingerprint density at radius 2 is 1.88 bits per heavy atom. The number of aryl methyl sites for hydroxylation is 1. The summed E-state index contributed by atoms with van der Waals surface area (Å²) in [7, 11) is 1.61. The molecule has 1 aromatic carbocycles. The molecular weight excluding hydrogens is 204 g/mol. The normalized spacial score (nSPS) is 10.4. The van der Waals surface area contributed by atoms with Gasteiger partial charge in [-0.2, -0.15) is 0 Å². The fourth-order valence-corrected chi connectivity index (χ4v) is 1.31. The first-order valence-corrected chi connectivity index (χ1v) is 5.36. The molecule has 16 heavy (non-hydrogen) atoms. The molecule has 0 atom stereocenters. The first kappa shape index (κ1) is 12.9. The van der Waals surface area contributed by atoms with Crippen LogP contribution in [-0.4, -0.2) is 32.7 Å². The van der Waals surface area contributed by atoms with Gasteiger partial charge in [-0.1, -0.05) is 29.8 Å². The molecular formula is C13H18O3. The van der Waals surface area contributed by atoms with Crippen LogP contribution in [0.1, 0.15) is 11.1 Å². The average molecular weight is 222 g/mol. The largest absolute Gasteiger partial charge is 0.382 e. The topological polar surface area (TPSA) is 35.5 Å². The molecule has 0 N–H and O–H groups in total. The van der Waals surface area contributed by atoms with E-state index in [1.54, 1.807) is 7.11 Å². The van der Waals surface area contributed by atoms with Crippen LogP contribution in [0.25, 0.3) is 0 Å². The Kier molecular flexibility index (Phi) is 5.75. The highest BCUT2D eigenvalue weighted by molar-refractivity contribution is 5.82. The second kappa shape index (κ2) is 7.14. The molecule has 0 saturated heterocycles. The predicted molar refractivity (Wildman–Crippen MR) is 62.6 cm³/mol. The molecule has 3 nitrogen and oxygen atoms in total. The monoisotopic (exact) mass is 222 g/mol. The standard InChI is InChI=1S/C13H18O3/c1-11-3-5-12(6-4-11)9-13(14)10-16-8-7-15-2/h3-6H,7-10H2,1-2H3. The van der Waals surface area contributed by atoms with Crippen molar-refractivity contribution in [3.05, 3.63) is 35.4 Å². The third-order valence-corrected chi connectivity index (χ3v) is 2.22. The molecule has 1 rings (SSSR count). The van der Waals surface area contributed by atoms with E-state index in [1.165, 1.54) is 5.56 Å². The molecule has 0 heterocycles. The zero-order valence-corrected chi connectivity index (χ0v) is 9.86. The van der Waals surface area contributed by atoms with Gasteiger partial charge >= 0.3 is 0 Å². The molecule has 0 spiro atoms. The molecule has 0 aliphatic rings. The Balaban J connectivity index is 2.26. The predicted octanol–water partition coefficient (Wildman–Crippen LogP) is 1.77. The SMILES string of the molecule is COCCOCC(=O)Cc1ccc(C)cc1. The molecule has 88 valence electrons. The van der Waals surface area contributed by atoms with E-state index in [9.17, 15) is 4.79 Å². The zero-order valence-electron chi connectivity index (χ0n) is 9.86. The molecule has 0 radical (unpaired) electrons. The second-order valence-electron chi connectivity index (χ2n) is 3.75. The van der Waals surface area contributed by atoms with Crippen molar-refractivity contribution < 1.29 is 14.3 Å². The summed E-state index contributed by atoms with van der Waals surface area (Å²) in [5.74, 6) is 0.0972. The third-order valence-electron chi connectivity index (χ3n) is 2.22. The van der Waals surface area contributed by atoms with Crippen molar-refractivity contribution in [2.45, 2.75) is 13.3 Å². The van der Waals surface area contributed by atoms with Gasteiger partial charge in [0.2, 0.25) is 0 Å². The van der Waals surface area contributed by atoms with Gasteiger partial charge in [0, 0.05) is 13.5 Å². The summed E-state index contributed by atoms with van der Waals surface area (Å²) < 4.78 is 9.98. The van der Waals surface area contributed by atoms with Gasteiger partial charge in [-0.05, 0) is 12.5 Å². The Morgan fingerprint density at radius 1 is 1.19 bits per heavy atom. The average Bonchev–Trinajstić information content (AvgIpc) is 2.28. The van der Waals surface area contributed by atoms with E-state index < -0.39 is 0 Å². The lowest BCUT2D eigenvalue weighted by molar-refractivity contribution is -0.123. The van der Waals surface area contributed by atoms with Gasteiger partial charge in [-0.25, -0.2) is 0 Å². The van der Waals surface area contributed by atoms with Crippen molar-refractivity contribution in [3.8, 4) is 0 Å². The maximum Gasteiger partial charge on any atom is 0.162 e. The molecule has 3 heteroatoms. The van der Waals surface area contributed by atoms with Crippen molar-refractivity contribution in [1.29, 1.82) is 0 Å². The molecule has 0 aliphatic carbocycles. The molecule has 0 saturated carbocycles. The van der Waals surface area contributed by atoms with Crippen LogP contribution in [0, 0.1) is 6.92 Å². The Morgan fingerprint density at radius 3 is 2.50 bits per heavy atom. The van der Waals surface area contributed by atoms with Crippen LogP contribution in [0.4, 0.5) is 0 Å². The summed E-state index contributed by atoms with van der Waals surface area (Å²) in [4.78, 5) is 11.5. The van der Waals surface area contributed by atoms with Gasteiger partial charge in [0.1, 0.15) is 6.61 Å². The lowest BCUT2D eigenvalue weighted by Crippen LogP contribution is -2.13. The molecule has 0 unspecified atom stereocenters. The van der Waals surface area contributed by atoms with Crippen molar-refractivity contribution in [1.82, 2.24) is 0 Å². The smallest absolute Gasteiger partial charge is 0.162 e. The van der Waals surface area contributed by atoms with Gasteiger partial charge in [0.05, 0.1) is 13.2 Å². The maximum absolute atomic E-state index is 11.5. The van der Waals surface area contributed by atoms with Gasteiger partial charge in [0.15, 0.2) is 5.78 Å². The quantitative estimate of drug-likeness (QED) is 0.660. The summed E-state index contributed by atoms with van der Waals surface area (Å²) in [6.45, 7) is 3.19. The maximum atomic E-state index is 11.5. The van der Waals surface area contributed by atoms with Crippen molar-refractivity contribution in [2.75, 3.05) is 26.9 Å². The Labute approximate surface area is 96.4 Å². The molecule has 1 aromatic rings. The van der Waals surface area contributed by atoms with Crippen LogP contribution in [0.3, 0.4) is 0 Å². The van der Waals surface area contributed by atoms with Crippen molar-refractivity contribution >= 4 is 5.78 Å². The van der Waals surface area contributed by atoms with Crippen LogP contribution in [0.2, 0.25) is 0 Å². The lowest BCUT2D eigenvalue weighted by atomic mass is 10.1. The van der Waals surface area contributed by atoms with E-state index in [2.05, 4.69) is 0 Å². The van der Waals surface area contributed by atoms with E-state index in [0.29, 0.717) is 19.6 Å². The first-order chi connectivity index (χ1) is 7.72. The summed E-state index contributed by atoms with van der Waals surface area (Å²) in [5, 5.41) is 0. The number of methoxy groups -OCH3 is 1. The molecule has 0 aromatic heterocycles. The minimum Gasteiger partial charge on any atom is -0.382 e. The van der Waals surface area contributed by atoms with Crippen LogP contribution < -0.4 is 0 Å². The highest BCUT2D eigenvalue weighted by Gasteiger charge is 2.03. The van der Waals surface area contributed by atoms with Crippen LogP contribution in [-0.2, 0) is 20.7 Å².